The molecule has 0 amide bonds. The summed E-state index contributed by atoms with van der Waals surface area (Å²) in [6.45, 7) is 0. The Morgan fingerprint density at radius 2 is 1.83 bits per heavy atom. The molecule has 0 aliphatic carbocycles. The van der Waals surface area contributed by atoms with Gasteiger partial charge in [0.15, 0.2) is 0 Å². The predicted octanol–water partition coefficient (Wildman–Crippen LogP) is -3.04. The van der Waals surface area contributed by atoms with Crippen molar-refractivity contribution in [3.05, 3.63) is 0 Å². The molecule has 3 nitrogen and oxygen atoms in total. The summed E-state index contributed by atoms with van der Waals surface area (Å²) in [5, 5.41) is 0. The van der Waals surface area contributed by atoms with Crippen LogP contribution in [0.3, 0.4) is 0 Å². The van der Waals surface area contributed by atoms with Crippen molar-refractivity contribution in [1.82, 2.24) is 0 Å². The van der Waals surface area contributed by atoms with Crippen LogP contribution in [0.25, 0.3) is 0 Å². The molecule has 0 unspecified atom stereocenters. The third-order valence-corrected chi connectivity index (χ3v) is 0.490. The van der Waals surface area contributed by atoms with Gasteiger partial charge in [-0.15, -0.1) is 0 Å². The molecule has 0 saturated heterocycles. The van der Waals surface area contributed by atoms with E-state index in [9.17, 15) is 0 Å². The molecule has 0 fully saturated rings. The van der Waals surface area contributed by atoms with Gasteiger partial charge in [0.1, 0.15) is 0 Å². The van der Waals surface area contributed by atoms with E-state index in [2.05, 4.69) is 4.52 Å². The Hall–Kier alpha value is 1.31. The second-order valence-electron chi connectivity index (χ2n) is 0.435. The van der Waals surface area contributed by atoms with E-state index < -0.39 is 8.60 Å². The maximum atomic E-state index is 7.76. The van der Waals surface area contributed by atoms with Gasteiger partial charge >= 0.3 is 38.2 Å². The van der Waals surface area contributed by atoms with Gasteiger partial charge in [-0.05, 0) is 0 Å². The van der Waals surface area contributed by atoms with Crippen LogP contribution in [0.1, 0.15) is 1.43 Å². The molecule has 34 valence electrons. The molecule has 5 heteroatoms. The molecule has 0 radical (unpaired) electrons. The van der Waals surface area contributed by atoms with Crippen LogP contribution in [0.5, 0.6) is 0 Å². The minimum Gasteiger partial charge on any atom is -1.00 e. The first-order valence-electron chi connectivity index (χ1n) is 0.991. The quantitative estimate of drug-likeness (QED) is 0.285. The van der Waals surface area contributed by atoms with Crippen LogP contribution in [0.4, 0.5) is 0 Å². The molecule has 0 heterocycles. The van der Waals surface area contributed by atoms with Crippen molar-refractivity contribution in [2.45, 2.75) is 0 Å². The van der Waals surface area contributed by atoms with Crippen molar-refractivity contribution < 1.29 is 45.3 Å². The normalized spacial score (nSPS) is 8.00. The molecule has 0 rings (SSSR count). The van der Waals surface area contributed by atoms with Crippen LogP contribution in [-0.2, 0) is 4.52 Å². The van der Waals surface area contributed by atoms with Crippen LogP contribution in [0, 0.1) is 0 Å². The third kappa shape index (κ3) is 9.00. The van der Waals surface area contributed by atoms with E-state index in [-0.39, 0.29) is 31.0 Å². The van der Waals surface area contributed by atoms with Gasteiger partial charge in [0.25, 0.3) is 0 Å². The van der Waals surface area contributed by atoms with Crippen LogP contribution in [0.15, 0.2) is 0 Å². The van der Waals surface area contributed by atoms with Crippen LogP contribution < -0.4 is 29.6 Å². The summed E-state index contributed by atoms with van der Waals surface area (Å²) in [6.07, 6.45) is 0. The van der Waals surface area contributed by atoms with Gasteiger partial charge in [0.2, 0.25) is 0 Å². The summed E-state index contributed by atoms with van der Waals surface area (Å²) < 4.78 is 3.93. The molecule has 0 aliphatic rings. The SMILES string of the molecule is COP(O)O.[H-].[Na+]. The maximum absolute atomic E-state index is 7.76. The molecule has 0 aromatic heterocycles. The molecule has 0 saturated carbocycles. The Kier molecular flexibility index (Phi) is 10.9. The van der Waals surface area contributed by atoms with Crippen molar-refractivity contribution in [3.63, 3.8) is 0 Å². The molecule has 0 bridgehead atoms. The predicted molar refractivity (Wildman–Crippen MR) is 19.5 cm³/mol. The fraction of sp³-hybridized carbons (Fsp3) is 1.00. The fourth-order valence-corrected chi connectivity index (χ4v) is 0. The first-order chi connectivity index (χ1) is 2.27. The van der Waals surface area contributed by atoms with E-state index in [1.807, 2.05) is 0 Å². The van der Waals surface area contributed by atoms with Crippen LogP contribution >= 0.6 is 8.60 Å². The Balaban J connectivity index is -0.0000000800. The van der Waals surface area contributed by atoms with Crippen molar-refractivity contribution >= 4 is 8.60 Å². The Morgan fingerprint density at radius 1 is 1.67 bits per heavy atom. The van der Waals surface area contributed by atoms with E-state index in [1.165, 1.54) is 7.11 Å². The third-order valence-electron chi connectivity index (χ3n) is 0.163. The Labute approximate surface area is 61.1 Å². The zero-order valence-corrected chi connectivity index (χ0v) is 6.64. The molecule has 2 N–H and O–H groups in total. The van der Waals surface area contributed by atoms with Gasteiger partial charge in [-0.25, -0.2) is 0 Å². The molecule has 0 aromatic rings. The summed E-state index contributed by atoms with van der Waals surface area (Å²) in [5.41, 5.74) is 0. The average molecular weight is 120 g/mol. The van der Waals surface area contributed by atoms with Gasteiger partial charge in [0.05, 0.1) is 0 Å². The first-order valence-corrected chi connectivity index (χ1v) is 2.16. The van der Waals surface area contributed by atoms with Crippen molar-refractivity contribution in [2.75, 3.05) is 7.11 Å². The van der Waals surface area contributed by atoms with Gasteiger partial charge in [0, 0.05) is 7.11 Å². The molecule has 0 aromatic carbocycles. The minimum absolute atomic E-state index is 0. The zero-order valence-electron chi connectivity index (χ0n) is 4.75. The van der Waals surface area contributed by atoms with E-state index >= 15 is 0 Å². The summed E-state index contributed by atoms with van der Waals surface area (Å²) in [4.78, 5) is 15.5. The zero-order chi connectivity index (χ0) is 4.28. The Bertz CT molecular complexity index is 28.9. The second kappa shape index (κ2) is 6.31. The summed E-state index contributed by atoms with van der Waals surface area (Å²) in [5.74, 6) is 0. The molecule has 0 aliphatic heterocycles. The molecular weight excluding hydrogens is 114 g/mol. The van der Waals surface area contributed by atoms with Crippen LogP contribution in [-0.4, -0.2) is 16.9 Å². The summed E-state index contributed by atoms with van der Waals surface area (Å²) >= 11 is 0. The van der Waals surface area contributed by atoms with E-state index in [1.54, 1.807) is 0 Å². The first kappa shape index (κ1) is 10.3. The largest absolute Gasteiger partial charge is 1.00 e. The van der Waals surface area contributed by atoms with Crippen molar-refractivity contribution in [1.29, 1.82) is 0 Å². The molecular formula is CH6NaO3P. The van der Waals surface area contributed by atoms with Crippen LogP contribution in [0.2, 0.25) is 0 Å². The molecule has 6 heavy (non-hydrogen) atoms. The monoisotopic (exact) mass is 120 g/mol. The van der Waals surface area contributed by atoms with E-state index in [0.29, 0.717) is 0 Å². The van der Waals surface area contributed by atoms with Gasteiger partial charge < -0.3 is 15.7 Å². The van der Waals surface area contributed by atoms with Gasteiger partial charge in [-0.3, -0.25) is 0 Å². The topological polar surface area (TPSA) is 49.7 Å². The molecule has 0 atom stereocenters. The van der Waals surface area contributed by atoms with E-state index in [4.69, 9.17) is 9.79 Å². The van der Waals surface area contributed by atoms with Crippen molar-refractivity contribution in [3.8, 4) is 0 Å². The Morgan fingerprint density at radius 3 is 1.83 bits per heavy atom. The number of rotatable bonds is 1. The fourth-order valence-electron chi connectivity index (χ4n) is 0. The molecule has 0 spiro atoms. The summed E-state index contributed by atoms with van der Waals surface area (Å²) in [7, 11) is -0.870. The van der Waals surface area contributed by atoms with Gasteiger partial charge in [-0.2, -0.15) is 0 Å². The number of hydrogen-bond donors (Lipinski definition) is 2. The standard InChI is InChI=1S/CH5O3P.Na.H/c1-4-5(2)3;;/h2-3H,1H3;;/q;+1;-1. The van der Waals surface area contributed by atoms with Crippen molar-refractivity contribution in [2.24, 2.45) is 0 Å². The average Bonchev–Trinajstić information content (AvgIpc) is 1.38. The summed E-state index contributed by atoms with van der Waals surface area (Å²) in [6, 6.07) is 0. The van der Waals surface area contributed by atoms with Gasteiger partial charge in [-0.1, -0.05) is 0 Å². The number of hydrogen-bond acceptors (Lipinski definition) is 3. The second-order valence-corrected chi connectivity index (χ2v) is 1.31. The smallest absolute Gasteiger partial charge is 1.00 e. The van der Waals surface area contributed by atoms with E-state index in [0.717, 1.165) is 0 Å². The maximum Gasteiger partial charge on any atom is 1.00 e. The minimum atomic E-state index is -2.10.